The third-order valence-corrected chi connectivity index (χ3v) is 4.32. The van der Waals surface area contributed by atoms with Crippen LogP contribution in [0.2, 0.25) is 5.02 Å². The Morgan fingerprint density at radius 3 is 2.75 bits per heavy atom. The minimum atomic E-state index is -0.563. The number of nitrogens with zero attached hydrogens (tertiary/aromatic N) is 3. The SMILES string of the molecule is CCn1nc(C(=O)N/N=C/c2cc(Cl)c(O)c(OC)c2)c2ccccc2c1=O. The molecule has 28 heavy (non-hydrogen) atoms. The molecule has 3 aromatic rings. The second kappa shape index (κ2) is 8.10. The molecule has 0 bridgehead atoms. The standard InChI is InChI=1S/C19H17ClN4O4/c1-3-24-19(27)13-7-5-4-6-12(13)16(23-24)18(26)22-21-10-11-8-14(20)17(25)15(9-11)28-2/h4-10,25H,3H2,1-2H3,(H,22,26)/b21-10+. The monoisotopic (exact) mass is 400 g/mol. The van der Waals surface area contributed by atoms with Crippen molar-refractivity contribution in [2.75, 3.05) is 7.11 Å². The van der Waals surface area contributed by atoms with Crippen molar-refractivity contribution in [3.05, 3.63) is 63.0 Å². The van der Waals surface area contributed by atoms with Crippen molar-refractivity contribution >= 4 is 34.5 Å². The lowest BCUT2D eigenvalue weighted by molar-refractivity contribution is 0.0949. The molecule has 0 spiro atoms. The molecule has 1 amide bonds. The number of benzene rings is 2. The zero-order chi connectivity index (χ0) is 20.3. The Hall–Kier alpha value is -3.39. The van der Waals surface area contributed by atoms with Crippen LogP contribution in [0.1, 0.15) is 23.0 Å². The van der Waals surface area contributed by atoms with Gasteiger partial charge in [-0.15, -0.1) is 0 Å². The topological polar surface area (TPSA) is 106 Å². The lowest BCUT2D eigenvalue weighted by atomic mass is 10.1. The molecular formula is C19H17ClN4O4. The summed E-state index contributed by atoms with van der Waals surface area (Å²) in [6.07, 6.45) is 1.35. The number of methoxy groups -OCH3 is 1. The first kappa shape index (κ1) is 19.4. The fourth-order valence-electron chi connectivity index (χ4n) is 2.66. The number of aryl methyl sites for hydroxylation is 1. The lowest BCUT2D eigenvalue weighted by Gasteiger charge is -2.08. The molecule has 8 nitrogen and oxygen atoms in total. The summed E-state index contributed by atoms with van der Waals surface area (Å²) in [5, 5.41) is 18.7. The van der Waals surface area contributed by atoms with Crippen LogP contribution >= 0.6 is 11.6 Å². The molecule has 0 atom stereocenters. The fraction of sp³-hybridized carbons (Fsp3) is 0.158. The van der Waals surface area contributed by atoms with Gasteiger partial charge in [-0.2, -0.15) is 10.2 Å². The molecule has 0 unspecified atom stereocenters. The summed E-state index contributed by atoms with van der Waals surface area (Å²) in [6, 6.07) is 9.75. The summed E-state index contributed by atoms with van der Waals surface area (Å²) in [5.74, 6) is -0.558. The second-order valence-electron chi connectivity index (χ2n) is 5.77. The number of fused-ring (bicyclic) bond motifs is 1. The number of ether oxygens (including phenoxy) is 1. The van der Waals surface area contributed by atoms with Gasteiger partial charge in [0, 0.05) is 11.9 Å². The first-order chi connectivity index (χ1) is 13.5. The largest absolute Gasteiger partial charge is 0.503 e. The van der Waals surface area contributed by atoms with E-state index in [4.69, 9.17) is 16.3 Å². The first-order valence-corrected chi connectivity index (χ1v) is 8.73. The number of aromatic nitrogens is 2. The average Bonchev–Trinajstić information content (AvgIpc) is 2.70. The zero-order valence-electron chi connectivity index (χ0n) is 15.1. The van der Waals surface area contributed by atoms with Gasteiger partial charge in [0.2, 0.25) is 0 Å². The van der Waals surface area contributed by atoms with Gasteiger partial charge in [0.05, 0.1) is 23.7 Å². The minimum absolute atomic E-state index is 0.0924. The number of phenols is 1. The van der Waals surface area contributed by atoms with Crippen LogP contribution in [0, 0.1) is 0 Å². The van der Waals surface area contributed by atoms with Gasteiger partial charge in [-0.05, 0) is 30.7 Å². The van der Waals surface area contributed by atoms with Crippen molar-refractivity contribution in [2.24, 2.45) is 5.10 Å². The zero-order valence-corrected chi connectivity index (χ0v) is 15.9. The van der Waals surface area contributed by atoms with E-state index in [9.17, 15) is 14.7 Å². The van der Waals surface area contributed by atoms with Crippen LogP contribution in [0.3, 0.4) is 0 Å². The van der Waals surface area contributed by atoms with Gasteiger partial charge in [-0.25, -0.2) is 10.1 Å². The van der Waals surface area contributed by atoms with E-state index in [-0.39, 0.29) is 27.8 Å². The van der Waals surface area contributed by atoms with Crippen LogP contribution < -0.4 is 15.7 Å². The molecule has 0 aliphatic heterocycles. The molecule has 0 fully saturated rings. The highest BCUT2D eigenvalue weighted by atomic mass is 35.5. The number of carbonyl (C=O) groups excluding carboxylic acids is 1. The van der Waals surface area contributed by atoms with Gasteiger partial charge < -0.3 is 9.84 Å². The predicted molar refractivity (Wildman–Crippen MR) is 106 cm³/mol. The van der Waals surface area contributed by atoms with Crippen LogP contribution in [0.4, 0.5) is 0 Å². The third-order valence-electron chi connectivity index (χ3n) is 4.03. The highest BCUT2D eigenvalue weighted by Gasteiger charge is 2.15. The number of carbonyl (C=O) groups is 1. The number of hydrogen-bond acceptors (Lipinski definition) is 6. The Morgan fingerprint density at radius 2 is 2.07 bits per heavy atom. The van der Waals surface area contributed by atoms with Crippen molar-refractivity contribution in [2.45, 2.75) is 13.5 Å². The molecule has 144 valence electrons. The Bertz CT molecular complexity index is 1140. The number of hydrazone groups is 1. The van der Waals surface area contributed by atoms with Crippen molar-refractivity contribution in [1.82, 2.24) is 15.2 Å². The number of nitrogens with one attached hydrogen (secondary N) is 1. The first-order valence-electron chi connectivity index (χ1n) is 8.36. The van der Waals surface area contributed by atoms with Gasteiger partial charge in [0.15, 0.2) is 17.2 Å². The molecule has 2 N–H and O–H groups in total. The maximum atomic E-state index is 12.6. The van der Waals surface area contributed by atoms with E-state index in [0.29, 0.717) is 22.9 Å². The van der Waals surface area contributed by atoms with Crippen molar-refractivity contribution in [1.29, 1.82) is 0 Å². The van der Waals surface area contributed by atoms with Crippen molar-refractivity contribution in [3.8, 4) is 11.5 Å². The minimum Gasteiger partial charge on any atom is -0.503 e. The third kappa shape index (κ3) is 3.67. The van der Waals surface area contributed by atoms with E-state index in [1.54, 1.807) is 31.2 Å². The molecular weight excluding hydrogens is 384 g/mol. The van der Waals surface area contributed by atoms with E-state index in [1.165, 1.54) is 30.1 Å². The maximum Gasteiger partial charge on any atom is 0.292 e. The van der Waals surface area contributed by atoms with Crippen LogP contribution in [-0.2, 0) is 6.54 Å². The van der Waals surface area contributed by atoms with Crippen LogP contribution in [-0.4, -0.2) is 34.1 Å². The molecule has 9 heteroatoms. The number of amides is 1. The van der Waals surface area contributed by atoms with E-state index >= 15 is 0 Å². The maximum absolute atomic E-state index is 12.6. The fourth-order valence-corrected chi connectivity index (χ4v) is 2.88. The molecule has 0 aliphatic rings. The van der Waals surface area contributed by atoms with E-state index in [0.717, 1.165) is 0 Å². The average molecular weight is 401 g/mol. The lowest BCUT2D eigenvalue weighted by Crippen LogP contribution is -2.28. The number of rotatable bonds is 5. The van der Waals surface area contributed by atoms with Crippen molar-refractivity contribution < 1.29 is 14.6 Å². The normalized spacial score (nSPS) is 11.1. The van der Waals surface area contributed by atoms with Gasteiger partial charge in [0.25, 0.3) is 11.5 Å². The van der Waals surface area contributed by atoms with E-state index in [1.807, 2.05) is 0 Å². The highest BCUT2D eigenvalue weighted by molar-refractivity contribution is 6.32. The van der Waals surface area contributed by atoms with Gasteiger partial charge in [-0.3, -0.25) is 9.59 Å². The van der Waals surface area contributed by atoms with Crippen LogP contribution in [0.5, 0.6) is 11.5 Å². The van der Waals surface area contributed by atoms with Gasteiger partial charge in [0.1, 0.15) is 0 Å². The molecule has 2 aromatic carbocycles. The Kier molecular flexibility index (Phi) is 5.60. The summed E-state index contributed by atoms with van der Waals surface area (Å²) in [7, 11) is 1.40. The number of phenolic OH excluding ortho intramolecular Hbond substituents is 1. The molecule has 0 radical (unpaired) electrons. The smallest absolute Gasteiger partial charge is 0.292 e. The van der Waals surface area contributed by atoms with Gasteiger partial charge in [-0.1, -0.05) is 29.8 Å². The molecule has 0 aliphatic carbocycles. The Labute approximate surface area is 165 Å². The van der Waals surface area contributed by atoms with E-state index in [2.05, 4.69) is 15.6 Å². The van der Waals surface area contributed by atoms with E-state index < -0.39 is 5.91 Å². The quantitative estimate of drug-likeness (QED) is 0.505. The number of hydrogen-bond donors (Lipinski definition) is 2. The Morgan fingerprint density at radius 1 is 1.36 bits per heavy atom. The summed E-state index contributed by atoms with van der Waals surface area (Å²) < 4.78 is 6.25. The molecule has 1 aromatic heterocycles. The molecule has 0 saturated heterocycles. The van der Waals surface area contributed by atoms with Crippen LogP contribution in [0.25, 0.3) is 10.8 Å². The predicted octanol–water partition coefficient (Wildman–Crippen LogP) is 2.55. The summed E-state index contributed by atoms with van der Waals surface area (Å²) >= 11 is 5.93. The molecule has 0 saturated carbocycles. The highest BCUT2D eigenvalue weighted by Crippen LogP contribution is 2.34. The van der Waals surface area contributed by atoms with Gasteiger partial charge >= 0.3 is 0 Å². The summed E-state index contributed by atoms with van der Waals surface area (Å²) in [5.41, 5.74) is 2.73. The Balaban J connectivity index is 1.90. The molecule has 1 heterocycles. The number of halogens is 1. The molecule has 3 rings (SSSR count). The van der Waals surface area contributed by atoms with Crippen molar-refractivity contribution in [3.63, 3.8) is 0 Å². The number of aromatic hydroxyl groups is 1. The summed E-state index contributed by atoms with van der Waals surface area (Å²) in [4.78, 5) is 24.9. The van der Waals surface area contributed by atoms with Crippen LogP contribution in [0.15, 0.2) is 46.3 Å². The second-order valence-corrected chi connectivity index (χ2v) is 6.18. The summed E-state index contributed by atoms with van der Waals surface area (Å²) in [6.45, 7) is 2.10.